The van der Waals surface area contributed by atoms with Gasteiger partial charge in [0.15, 0.2) is 9.84 Å². The largest absolute Gasteiger partial charge is 0.349 e. The Hall–Kier alpha value is -3.04. The van der Waals surface area contributed by atoms with Crippen LogP contribution in [0.15, 0.2) is 57.9 Å². The van der Waals surface area contributed by atoms with Crippen LogP contribution in [0.5, 0.6) is 0 Å². The number of amides is 1. The maximum absolute atomic E-state index is 13.0. The average Bonchev–Trinajstić information content (AvgIpc) is 3.31. The Balaban J connectivity index is 1.30. The van der Waals surface area contributed by atoms with Gasteiger partial charge in [0.25, 0.3) is 0 Å². The topological polar surface area (TPSA) is 105 Å². The van der Waals surface area contributed by atoms with Crippen LogP contribution in [0.25, 0.3) is 11.4 Å². The van der Waals surface area contributed by atoms with Crippen molar-refractivity contribution in [1.29, 1.82) is 0 Å². The van der Waals surface area contributed by atoms with Gasteiger partial charge in [0.2, 0.25) is 17.6 Å². The number of aryl methyl sites for hydroxylation is 1. The van der Waals surface area contributed by atoms with E-state index in [-0.39, 0.29) is 22.8 Å². The molecule has 0 bridgehead atoms. The predicted octanol–water partition coefficient (Wildman–Crippen LogP) is 3.93. The highest BCUT2D eigenvalue weighted by atomic mass is 32.2. The molecule has 1 aromatic heterocycles. The van der Waals surface area contributed by atoms with Gasteiger partial charge >= 0.3 is 0 Å². The molecule has 1 saturated heterocycles. The summed E-state index contributed by atoms with van der Waals surface area (Å²) in [7, 11) is -3.24. The van der Waals surface area contributed by atoms with E-state index in [2.05, 4.69) is 20.4 Å². The number of hydrogen-bond donors (Lipinski definition) is 1. The van der Waals surface area contributed by atoms with Crippen LogP contribution in [0.1, 0.15) is 49.2 Å². The predicted molar refractivity (Wildman–Crippen MR) is 133 cm³/mol. The Morgan fingerprint density at radius 1 is 1.14 bits per heavy atom. The Morgan fingerprint density at radius 3 is 2.46 bits per heavy atom. The van der Waals surface area contributed by atoms with Crippen molar-refractivity contribution in [3.8, 4) is 11.4 Å². The first-order chi connectivity index (χ1) is 16.7. The lowest BCUT2D eigenvalue weighted by Crippen LogP contribution is -2.41. The summed E-state index contributed by atoms with van der Waals surface area (Å²) in [4.78, 5) is 20.0. The Bertz CT molecular complexity index is 1260. The number of rotatable bonds is 8. The Kier molecular flexibility index (Phi) is 7.66. The van der Waals surface area contributed by atoms with Gasteiger partial charge in [-0.2, -0.15) is 4.98 Å². The SMILES string of the molecule is CCC(NC(=O)C1CCN(Cc2nc(-c3ccccc3C)no2)CC1)c1ccc(S(C)(=O)=O)cc1. The zero-order valence-electron chi connectivity index (χ0n) is 20.4. The second-order valence-corrected chi connectivity index (χ2v) is 11.2. The van der Waals surface area contributed by atoms with Gasteiger partial charge < -0.3 is 9.84 Å². The molecule has 0 radical (unpaired) electrons. The van der Waals surface area contributed by atoms with E-state index in [9.17, 15) is 13.2 Å². The first-order valence-electron chi connectivity index (χ1n) is 12.0. The average molecular weight is 497 g/mol. The van der Waals surface area contributed by atoms with Crippen molar-refractivity contribution in [3.05, 3.63) is 65.5 Å². The zero-order chi connectivity index (χ0) is 25.0. The van der Waals surface area contributed by atoms with Crippen molar-refractivity contribution in [2.75, 3.05) is 19.3 Å². The van der Waals surface area contributed by atoms with Gasteiger partial charge in [-0.3, -0.25) is 9.69 Å². The number of sulfone groups is 1. The molecule has 186 valence electrons. The van der Waals surface area contributed by atoms with Gasteiger partial charge in [-0.15, -0.1) is 0 Å². The van der Waals surface area contributed by atoms with Gasteiger partial charge in [0, 0.05) is 17.7 Å². The monoisotopic (exact) mass is 496 g/mol. The standard InChI is InChI=1S/C26H32N4O4S/c1-4-23(19-9-11-21(12-10-19)35(3,32)33)27-26(31)20-13-15-30(16-14-20)17-24-28-25(29-34-24)22-8-6-5-7-18(22)2/h5-12,20,23H,4,13-17H2,1-3H3,(H,27,31). The highest BCUT2D eigenvalue weighted by Crippen LogP contribution is 2.24. The van der Waals surface area contributed by atoms with Gasteiger partial charge in [0.1, 0.15) is 0 Å². The molecule has 8 nitrogen and oxygen atoms in total. The second kappa shape index (κ2) is 10.7. The summed E-state index contributed by atoms with van der Waals surface area (Å²) in [5.74, 6) is 1.17. The summed E-state index contributed by atoms with van der Waals surface area (Å²) < 4.78 is 28.9. The van der Waals surface area contributed by atoms with Crippen molar-refractivity contribution >= 4 is 15.7 Å². The van der Waals surface area contributed by atoms with E-state index in [0.29, 0.717) is 18.3 Å². The van der Waals surface area contributed by atoms with E-state index in [1.54, 1.807) is 24.3 Å². The molecule has 4 rings (SSSR count). The quantitative estimate of drug-likeness (QED) is 0.504. The molecule has 2 aromatic carbocycles. The van der Waals surface area contributed by atoms with Crippen LogP contribution in [-0.4, -0.2) is 48.7 Å². The minimum absolute atomic E-state index is 0.0447. The molecule has 3 aromatic rings. The highest BCUT2D eigenvalue weighted by Gasteiger charge is 2.27. The number of benzene rings is 2. The first-order valence-corrected chi connectivity index (χ1v) is 13.8. The molecule has 1 unspecified atom stereocenters. The van der Waals surface area contributed by atoms with Crippen molar-refractivity contribution in [1.82, 2.24) is 20.4 Å². The summed E-state index contributed by atoms with van der Waals surface area (Å²) in [6, 6.07) is 14.6. The number of hydrogen-bond acceptors (Lipinski definition) is 7. The van der Waals surface area contributed by atoms with Crippen molar-refractivity contribution < 1.29 is 17.7 Å². The molecule has 9 heteroatoms. The fourth-order valence-corrected chi connectivity index (χ4v) is 5.09. The fourth-order valence-electron chi connectivity index (χ4n) is 4.45. The number of carbonyl (C=O) groups excluding carboxylic acids is 1. The Morgan fingerprint density at radius 2 is 1.83 bits per heavy atom. The lowest BCUT2D eigenvalue weighted by atomic mass is 9.94. The Labute approximate surface area is 206 Å². The van der Waals surface area contributed by atoms with Crippen molar-refractivity contribution in [3.63, 3.8) is 0 Å². The molecule has 1 aliphatic rings. The zero-order valence-corrected chi connectivity index (χ0v) is 21.2. The molecule has 35 heavy (non-hydrogen) atoms. The molecule has 1 atom stereocenters. The molecule has 1 amide bonds. The molecule has 0 spiro atoms. The number of likely N-dealkylation sites (tertiary alicyclic amines) is 1. The smallest absolute Gasteiger partial charge is 0.241 e. The van der Waals surface area contributed by atoms with Gasteiger partial charge in [-0.25, -0.2) is 8.42 Å². The molecule has 1 N–H and O–H groups in total. The normalized spacial score (nSPS) is 16.2. The molecule has 0 aliphatic carbocycles. The molecule has 0 saturated carbocycles. The third-order valence-electron chi connectivity index (χ3n) is 6.61. The van der Waals surface area contributed by atoms with Gasteiger partial charge in [0.05, 0.1) is 17.5 Å². The summed E-state index contributed by atoms with van der Waals surface area (Å²) in [5, 5.41) is 7.29. The third-order valence-corrected chi connectivity index (χ3v) is 7.74. The van der Waals surface area contributed by atoms with Crippen molar-refractivity contribution in [2.45, 2.75) is 50.6 Å². The van der Waals surface area contributed by atoms with Crippen LogP contribution in [0.3, 0.4) is 0 Å². The van der Waals surface area contributed by atoms with Crippen LogP contribution < -0.4 is 5.32 Å². The van der Waals surface area contributed by atoms with E-state index in [4.69, 9.17) is 4.52 Å². The minimum Gasteiger partial charge on any atom is -0.349 e. The fraction of sp³-hybridized carbons (Fsp3) is 0.423. The van der Waals surface area contributed by atoms with Crippen LogP contribution in [0.4, 0.5) is 0 Å². The van der Waals surface area contributed by atoms with Gasteiger partial charge in [-0.05, 0) is 62.5 Å². The molecule has 1 aliphatic heterocycles. The molecule has 1 fully saturated rings. The molecule has 2 heterocycles. The summed E-state index contributed by atoms with van der Waals surface area (Å²) in [6.07, 6.45) is 3.43. The number of nitrogens with zero attached hydrogens (tertiary/aromatic N) is 3. The summed E-state index contributed by atoms with van der Waals surface area (Å²) >= 11 is 0. The third kappa shape index (κ3) is 6.15. The summed E-state index contributed by atoms with van der Waals surface area (Å²) in [5.41, 5.74) is 2.98. The second-order valence-electron chi connectivity index (χ2n) is 9.19. The van der Waals surface area contributed by atoms with E-state index in [1.807, 2.05) is 38.1 Å². The van der Waals surface area contributed by atoms with Crippen LogP contribution in [-0.2, 0) is 21.2 Å². The van der Waals surface area contributed by atoms with Crippen molar-refractivity contribution in [2.24, 2.45) is 5.92 Å². The van der Waals surface area contributed by atoms with Crippen LogP contribution in [0, 0.1) is 12.8 Å². The number of nitrogens with one attached hydrogen (secondary N) is 1. The molecular formula is C26H32N4O4S. The maximum Gasteiger partial charge on any atom is 0.241 e. The lowest BCUT2D eigenvalue weighted by molar-refractivity contribution is -0.127. The van der Waals surface area contributed by atoms with E-state index in [1.165, 1.54) is 6.26 Å². The number of piperidine rings is 1. The first kappa shape index (κ1) is 25.1. The summed E-state index contributed by atoms with van der Waals surface area (Å²) in [6.45, 7) is 6.15. The van der Waals surface area contributed by atoms with E-state index < -0.39 is 9.84 Å². The van der Waals surface area contributed by atoms with E-state index in [0.717, 1.165) is 49.0 Å². The number of carbonyl (C=O) groups is 1. The minimum atomic E-state index is -3.24. The van der Waals surface area contributed by atoms with Crippen LogP contribution in [0.2, 0.25) is 0 Å². The van der Waals surface area contributed by atoms with Crippen LogP contribution >= 0.6 is 0 Å². The number of aromatic nitrogens is 2. The lowest BCUT2D eigenvalue weighted by Gasteiger charge is -2.31. The maximum atomic E-state index is 13.0. The molecular weight excluding hydrogens is 464 g/mol. The highest BCUT2D eigenvalue weighted by molar-refractivity contribution is 7.90. The van der Waals surface area contributed by atoms with Gasteiger partial charge in [-0.1, -0.05) is 48.5 Å². The van der Waals surface area contributed by atoms with E-state index >= 15 is 0 Å².